The third kappa shape index (κ3) is 6.72. The maximum absolute atomic E-state index is 11.4. The Labute approximate surface area is 106 Å². The molecule has 0 heterocycles. The van der Waals surface area contributed by atoms with Crippen molar-refractivity contribution in [2.75, 3.05) is 6.54 Å². The number of carbonyl (C=O) groups excluding carboxylic acids is 2. The summed E-state index contributed by atoms with van der Waals surface area (Å²) in [6.07, 6.45) is 0.609. The lowest BCUT2D eigenvalue weighted by atomic mass is 9.87. The van der Waals surface area contributed by atoms with E-state index in [1.165, 1.54) is 0 Å². The lowest BCUT2D eigenvalue weighted by molar-refractivity contribution is -0.141. The molecule has 0 saturated carbocycles. The van der Waals surface area contributed by atoms with Gasteiger partial charge in [0.1, 0.15) is 6.04 Å². The van der Waals surface area contributed by atoms with Crippen LogP contribution >= 0.6 is 0 Å². The van der Waals surface area contributed by atoms with Gasteiger partial charge >= 0.3 is 12.0 Å². The Morgan fingerprint density at radius 1 is 1.28 bits per heavy atom. The number of hydrogen-bond acceptors (Lipinski definition) is 3. The van der Waals surface area contributed by atoms with Gasteiger partial charge in [0.25, 0.3) is 0 Å². The third-order valence-electron chi connectivity index (χ3n) is 2.27. The van der Waals surface area contributed by atoms with Crippen LogP contribution in [0.15, 0.2) is 0 Å². The predicted molar refractivity (Wildman–Crippen MR) is 65.8 cm³/mol. The molecule has 1 unspecified atom stereocenters. The van der Waals surface area contributed by atoms with Crippen molar-refractivity contribution < 1.29 is 19.5 Å². The first kappa shape index (κ1) is 16.2. The summed E-state index contributed by atoms with van der Waals surface area (Å²) >= 11 is 0. The fourth-order valence-corrected chi connectivity index (χ4v) is 1.30. The molecule has 0 aromatic rings. The highest BCUT2D eigenvalue weighted by atomic mass is 16.4. The van der Waals surface area contributed by atoms with Gasteiger partial charge in [-0.05, 0) is 11.8 Å². The minimum absolute atomic E-state index is 0.182. The molecule has 0 spiro atoms. The molecule has 104 valence electrons. The van der Waals surface area contributed by atoms with E-state index in [2.05, 4.69) is 10.6 Å². The average Bonchev–Trinajstić information content (AvgIpc) is 2.18. The summed E-state index contributed by atoms with van der Waals surface area (Å²) in [7, 11) is 0. The first-order valence-corrected chi connectivity index (χ1v) is 5.70. The first-order chi connectivity index (χ1) is 8.14. The number of rotatable bonds is 6. The Balaban J connectivity index is 4.12. The van der Waals surface area contributed by atoms with Gasteiger partial charge in [-0.2, -0.15) is 0 Å². The Kier molecular flexibility index (Phi) is 6.15. The number of nitrogens with one attached hydrogen (secondary N) is 2. The van der Waals surface area contributed by atoms with E-state index in [4.69, 9.17) is 10.8 Å². The molecule has 3 amide bonds. The zero-order valence-electron chi connectivity index (χ0n) is 10.9. The van der Waals surface area contributed by atoms with Crippen LogP contribution in [0.1, 0.15) is 33.6 Å². The molecule has 18 heavy (non-hydrogen) atoms. The van der Waals surface area contributed by atoms with Crippen molar-refractivity contribution >= 4 is 17.9 Å². The van der Waals surface area contributed by atoms with Crippen molar-refractivity contribution in [3.63, 3.8) is 0 Å². The highest BCUT2D eigenvalue weighted by Gasteiger charge is 2.32. The van der Waals surface area contributed by atoms with Crippen LogP contribution in [0.3, 0.4) is 0 Å². The SMILES string of the molecule is CC(C)(C)C(NC(=O)NCCCC(N)=O)C(=O)O. The summed E-state index contributed by atoms with van der Waals surface area (Å²) in [6, 6.07) is -1.55. The van der Waals surface area contributed by atoms with Crippen molar-refractivity contribution in [1.29, 1.82) is 0 Å². The number of carbonyl (C=O) groups is 3. The van der Waals surface area contributed by atoms with Gasteiger partial charge in [0, 0.05) is 13.0 Å². The second-order valence-electron chi connectivity index (χ2n) is 5.11. The second kappa shape index (κ2) is 6.83. The number of urea groups is 1. The van der Waals surface area contributed by atoms with E-state index in [0.29, 0.717) is 6.42 Å². The second-order valence-corrected chi connectivity index (χ2v) is 5.11. The zero-order valence-corrected chi connectivity index (χ0v) is 10.9. The van der Waals surface area contributed by atoms with Crippen molar-refractivity contribution in [2.45, 2.75) is 39.7 Å². The quantitative estimate of drug-likeness (QED) is 0.503. The molecule has 5 N–H and O–H groups in total. The minimum Gasteiger partial charge on any atom is -0.480 e. The predicted octanol–water partition coefficient (Wildman–Crippen LogP) is 0.0504. The molecule has 0 aromatic heterocycles. The smallest absolute Gasteiger partial charge is 0.326 e. The fourth-order valence-electron chi connectivity index (χ4n) is 1.30. The monoisotopic (exact) mass is 259 g/mol. The lowest BCUT2D eigenvalue weighted by Crippen LogP contribution is -2.52. The van der Waals surface area contributed by atoms with E-state index in [1.807, 2.05) is 0 Å². The summed E-state index contributed by atoms with van der Waals surface area (Å²) < 4.78 is 0. The van der Waals surface area contributed by atoms with E-state index in [-0.39, 0.29) is 13.0 Å². The molecular formula is C11H21N3O4. The molecule has 0 aliphatic carbocycles. The zero-order chi connectivity index (χ0) is 14.3. The molecule has 0 fully saturated rings. The van der Waals surface area contributed by atoms with Crippen molar-refractivity contribution in [3.05, 3.63) is 0 Å². The van der Waals surface area contributed by atoms with Crippen LogP contribution in [0, 0.1) is 5.41 Å². The van der Waals surface area contributed by atoms with Gasteiger partial charge in [0.2, 0.25) is 5.91 Å². The number of primary amides is 1. The third-order valence-corrected chi connectivity index (χ3v) is 2.27. The summed E-state index contributed by atoms with van der Waals surface area (Å²) in [5.74, 6) is -1.52. The number of aliphatic carboxylic acids is 1. The molecule has 0 bridgehead atoms. The van der Waals surface area contributed by atoms with E-state index in [1.54, 1.807) is 20.8 Å². The normalized spacial score (nSPS) is 12.6. The van der Waals surface area contributed by atoms with Gasteiger partial charge in [-0.25, -0.2) is 9.59 Å². The van der Waals surface area contributed by atoms with E-state index in [0.717, 1.165) is 0 Å². The fraction of sp³-hybridized carbons (Fsp3) is 0.727. The van der Waals surface area contributed by atoms with Crippen molar-refractivity contribution in [2.24, 2.45) is 11.1 Å². The highest BCUT2D eigenvalue weighted by Crippen LogP contribution is 2.19. The molecule has 0 saturated heterocycles. The number of hydrogen-bond donors (Lipinski definition) is 4. The van der Waals surface area contributed by atoms with Crippen LogP contribution in [-0.4, -0.2) is 35.6 Å². The summed E-state index contributed by atoms with van der Waals surface area (Å²) in [6.45, 7) is 5.43. The number of carboxylic acids is 1. The van der Waals surface area contributed by atoms with Gasteiger partial charge in [-0.1, -0.05) is 20.8 Å². The van der Waals surface area contributed by atoms with E-state index in [9.17, 15) is 14.4 Å². The molecule has 0 aliphatic rings. The molecular weight excluding hydrogens is 238 g/mol. The van der Waals surface area contributed by atoms with Gasteiger partial charge in [-0.3, -0.25) is 4.79 Å². The Bertz CT molecular complexity index is 323. The molecule has 1 atom stereocenters. The largest absolute Gasteiger partial charge is 0.480 e. The maximum Gasteiger partial charge on any atom is 0.326 e. The molecule has 0 aliphatic heterocycles. The maximum atomic E-state index is 11.4. The molecule has 0 rings (SSSR count). The lowest BCUT2D eigenvalue weighted by Gasteiger charge is -2.27. The van der Waals surface area contributed by atoms with Crippen LogP contribution in [0.4, 0.5) is 4.79 Å². The van der Waals surface area contributed by atoms with E-state index >= 15 is 0 Å². The van der Waals surface area contributed by atoms with Gasteiger partial charge in [-0.15, -0.1) is 0 Å². The van der Waals surface area contributed by atoms with Gasteiger partial charge in [0.05, 0.1) is 0 Å². The number of nitrogens with two attached hydrogens (primary N) is 1. The van der Waals surface area contributed by atoms with Crippen LogP contribution in [0.25, 0.3) is 0 Å². The summed E-state index contributed by atoms with van der Waals surface area (Å²) in [4.78, 5) is 32.9. The van der Waals surface area contributed by atoms with Crippen LogP contribution in [0.5, 0.6) is 0 Å². The summed E-state index contributed by atoms with van der Waals surface area (Å²) in [5, 5.41) is 13.9. The number of carboxylic acid groups (broad SMARTS) is 1. The Morgan fingerprint density at radius 2 is 1.83 bits per heavy atom. The van der Waals surface area contributed by atoms with E-state index < -0.39 is 29.4 Å². The molecule has 7 nitrogen and oxygen atoms in total. The van der Waals surface area contributed by atoms with Crippen LogP contribution < -0.4 is 16.4 Å². The molecule has 7 heteroatoms. The summed E-state index contributed by atoms with van der Waals surface area (Å²) in [5.41, 5.74) is 4.35. The molecule has 0 aromatic carbocycles. The molecule has 0 radical (unpaired) electrons. The standard InChI is InChI=1S/C11H21N3O4/c1-11(2,3)8(9(16)17)14-10(18)13-6-4-5-7(12)15/h8H,4-6H2,1-3H3,(H2,12,15)(H,16,17)(H2,13,14,18). The minimum atomic E-state index is -1.09. The highest BCUT2D eigenvalue weighted by molar-refractivity contribution is 5.83. The van der Waals surface area contributed by atoms with Gasteiger partial charge < -0.3 is 21.5 Å². The van der Waals surface area contributed by atoms with Crippen molar-refractivity contribution in [1.82, 2.24) is 10.6 Å². The average molecular weight is 259 g/mol. The van der Waals surface area contributed by atoms with Crippen molar-refractivity contribution in [3.8, 4) is 0 Å². The van der Waals surface area contributed by atoms with Crippen LogP contribution in [-0.2, 0) is 9.59 Å². The first-order valence-electron chi connectivity index (χ1n) is 5.70. The van der Waals surface area contributed by atoms with Gasteiger partial charge in [0.15, 0.2) is 0 Å². The number of amides is 3. The topological polar surface area (TPSA) is 122 Å². The Morgan fingerprint density at radius 3 is 2.22 bits per heavy atom. The van der Waals surface area contributed by atoms with Crippen LogP contribution in [0.2, 0.25) is 0 Å². The Hall–Kier alpha value is -1.79.